The van der Waals surface area contributed by atoms with Gasteiger partial charge in [-0.2, -0.15) is 13.2 Å². The Kier molecular flexibility index (Phi) is 6.20. The van der Waals surface area contributed by atoms with Crippen molar-refractivity contribution >= 4 is 22.6 Å². The van der Waals surface area contributed by atoms with E-state index in [1.165, 1.54) is 12.1 Å². The number of hydrogen-bond donors (Lipinski definition) is 2. The quantitative estimate of drug-likeness (QED) is 0.404. The summed E-state index contributed by atoms with van der Waals surface area (Å²) in [5.74, 6) is -1.10. The Balaban J connectivity index is 1.41. The van der Waals surface area contributed by atoms with Gasteiger partial charge in [0.15, 0.2) is 0 Å². The van der Waals surface area contributed by atoms with Crippen molar-refractivity contribution in [1.29, 1.82) is 0 Å². The summed E-state index contributed by atoms with van der Waals surface area (Å²) in [7, 11) is 0. The van der Waals surface area contributed by atoms with Crippen molar-refractivity contribution < 1.29 is 32.6 Å². The van der Waals surface area contributed by atoms with Crippen LogP contribution in [0.1, 0.15) is 34.3 Å². The van der Waals surface area contributed by atoms with Crippen LogP contribution in [-0.4, -0.2) is 23.0 Å². The molecule has 2 aliphatic carbocycles. The molecule has 4 atom stereocenters. The lowest BCUT2D eigenvalue weighted by Gasteiger charge is -2.26. The molecule has 2 N–H and O–H groups in total. The molecule has 3 aromatic carbocycles. The van der Waals surface area contributed by atoms with Crippen LogP contribution < -0.4 is 10.1 Å². The van der Waals surface area contributed by atoms with Gasteiger partial charge in [0.05, 0.1) is 11.1 Å². The van der Waals surface area contributed by atoms with E-state index in [1.54, 1.807) is 24.3 Å². The fourth-order valence-corrected chi connectivity index (χ4v) is 5.30. The highest BCUT2D eigenvalue weighted by molar-refractivity contribution is 6.04. The van der Waals surface area contributed by atoms with Crippen LogP contribution in [0.5, 0.6) is 5.75 Å². The highest BCUT2D eigenvalue weighted by Crippen LogP contribution is 2.45. The molecule has 5 nitrogen and oxygen atoms in total. The SMILES string of the molecule is O=C(N[C@H](C(=O)O)C1CC2C=CC1C2)c1ccc2ccccc2c1OCc1ccc(C(F)(F)F)cc1. The van der Waals surface area contributed by atoms with Gasteiger partial charge in [0.1, 0.15) is 18.4 Å². The molecule has 186 valence electrons. The summed E-state index contributed by atoms with van der Waals surface area (Å²) in [5.41, 5.74) is -0.0864. The second-order valence-corrected chi connectivity index (χ2v) is 9.38. The number of halogens is 3. The van der Waals surface area contributed by atoms with Crippen LogP contribution in [0.3, 0.4) is 0 Å². The van der Waals surface area contributed by atoms with Gasteiger partial charge in [-0.15, -0.1) is 0 Å². The lowest BCUT2D eigenvalue weighted by atomic mass is 9.86. The summed E-state index contributed by atoms with van der Waals surface area (Å²) in [5, 5.41) is 14.0. The average Bonchev–Trinajstić information content (AvgIpc) is 3.49. The van der Waals surface area contributed by atoms with Crippen molar-refractivity contribution in [2.24, 2.45) is 17.8 Å². The normalized spacial score (nSPS) is 21.5. The minimum Gasteiger partial charge on any atom is -0.487 e. The zero-order chi connectivity index (χ0) is 25.4. The predicted molar refractivity (Wildman–Crippen MR) is 127 cm³/mol. The van der Waals surface area contributed by atoms with Gasteiger partial charge < -0.3 is 15.2 Å². The van der Waals surface area contributed by atoms with E-state index in [1.807, 2.05) is 18.2 Å². The lowest BCUT2D eigenvalue weighted by Crippen LogP contribution is -2.47. The molecule has 3 unspecified atom stereocenters. The molecular formula is C28H24F3NO4. The number of nitrogens with one attached hydrogen (secondary N) is 1. The molecule has 2 bridgehead atoms. The van der Waals surface area contributed by atoms with Gasteiger partial charge in [-0.3, -0.25) is 4.79 Å². The molecule has 36 heavy (non-hydrogen) atoms. The molecule has 5 rings (SSSR count). The summed E-state index contributed by atoms with van der Waals surface area (Å²) in [4.78, 5) is 25.4. The molecule has 1 amide bonds. The summed E-state index contributed by atoms with van der Waals surface area (Å²) >= 11 is 0. The van der Waals surface area contributed by atoms with Crippen molar-refractivity contribution in [2.75, 3.05) is 0 Å². The van der Waals surface area contributed by atoms with Crippen LogP contribution in [0.4, 0.5) is 13.2 Å². The van der Waals surface area contributed by atoms with Gasteiger partial charge >= 0.3 is 12.1 Å². The van der Waals surface area contributed by atoms with Gasteiger partial charge in [-0.05, 0) is 59.7 Å². The smallest absolute Gasteiger partial charge is 0.416 e. The fraction of sp³-hybridized carbons (Fsp3) is 0.286. The van der Waals surface area contributed by atoms with Crippen molar-refractivity contribution in [2.45, 2.75) is 31.7 Å². The summed E-state index contributed by atoms with van der Waals surface area (Å²) < 4.78 is 44.7. The highest BCUT2D eigenvalue weighted by Gasteiger charge is 2.43. The molecule has 0 saturated heterocycles. The fourth-order valence-electron chi connectivity index (χ4n) is 5.30. The number of fused-ring (bicyclic) bond motifs is 3. The number of allylic oxidation sites excluding steroid dienone is 2. The maximum Gasteiger partial charge on any atom is 0.416 e. The van der Waals surface area contributed by atoms with Gasteiger partial charge in [-0.25, -0.2) is 4.79 Å². The number of ether oxygens (including phenoxy) is 1. The monoisotopic (exact) mass is 495 g/mol. The number of rotatable bonds is 7. The number of hydrogen-bond acceptors (Lipinski definition) is 3. The van der Waals surface area contributed by atoms with Crippen molar-refractivity contribution in [3.8, 4) is 5.75 Å². The Morgan fingerprint density at radius 1 is 1.00 bits per heavy atom. The van der Waals surface area contributed by atoms with Crippen molar-refractivity contribution in [3.05, 3.63) is 89.5 Å². The molecule has 8 heteroatoms. The molecule has 0 heterocycles. The standard InChI is InChI=1S/C28H24F3NO4/c29-28(30,31)20-10-6-16(7-11-20)15-36-25-21-4-2-1-3-18(21)9-12-22(25)26(33)32-24(27(34)35)23-14-17-5-8-19(23)13-17/h1-12,17,19,23-24H,13-15H2,(H,32,33)(H,34,35)/t17?,19?,23?,24-/m0/s1. The van der Waals surface area contributed by atoms with E-state index >= 15 is 0 Å². The van der Waals surface area contributed by atoms with Crippen LogP contribution in [-0.2, 0) is 17.6 Å². The van der Waals surface area contributed by atoms with Crippen LogP contribution in [0.15, 0.2) is 72.8 Å². The molecule has 3 aromatic rings. The first-order valence-electron chi connectivity index (χ1n) is 11.7. The van der Waals surface area contributed by atoms with E-state index in [0.29, 0.717) is 23.3 Å². The molecule has 0 aliphatic heterocycles. The van der Waals surface area contributed by atoms with E-state index in [-0.39, 0.29) is 29.8 Å². The van der Waals surface area contributed by atoms with E-state index in [9.17, 15) is 27.9 Å². The first kappa shape index (κ1) is 23.9. The van der Waals surface area contributed by atoms with E-state index in [2.05, 4.69) is 11.4 Å². The maximum absolute atomic E-state index is 13.4. The Morgan fingerprint density at radius 3 is 2.39 bits per heavy atom. The Labute approximate surface area is 205 Å². The van der Waals surface area contributed by atoms with Crippen molar-refractivity contribution in [3.63, 3.8) is 0 Å². The van der Waals surface area contributed by atoms with Crippen LogP contribution >= 0.6 is 0 Å². The molecular weight excluding hydrogens is 471 g/mol. The second-order valence-electron chi connectivity index (χ2n) is 9.38. The number of carbonyl (C=O) groups excluding carboxylic acids is 1. The van der Waals surface area contributed by atoms with Crippen LogP contribution in [0.2, 0.25) is 0 Å². The van der Waals surface area contributed by atoms with Gasteiger partial charge in [0, 0.05) is 5.39 Å². The number of carboxylic acid groups (broad SMARTS) is 1. The molecule has 2 aliphatic rings. The Morgan fingerprint density at radius 2 is 1.75 bits per heavy atom. The minimum atomic E-state index is -4.43. The Hall–Kier alpha value is -3.81. The first-order valence-corrected chi connectivity index (χ1v) is 11.7. The van der Waals surface area contributed by atoms with Crippen molar-refractivity contribution in [1.82, 2.24) is 5.32 Å². The average molecular weight is 495 g/mol. The van der Waals surface area contributed by atoms with E-state index in [4.69, 9.17) is 4.74 Å². The molecule has 0 spiro atoms. The second kappa shape index (κ2) is 9.33. The molecule has 0 radical (unpaired) electrons. The van der Waals surface area contributed by atoms with Crippen LogP contribution in [0, 0.1) is 17.8 Å². The van der Waals surface area contributed by atoms with Gasteiger partial charge in [-0.1, -0.05) is 54.6 Å². The molecule has 1 fully saturated rings. The summed E-state index contributed by atoms with van der Waals surface area (Å²) in [6.07, 6.45) is 1.33. The number of benzene rings is 3. The van der Waals surface area contributed by atoms with Gasteiger partial charge in [0.2, 0.25) is 0 Å². The lowest BCUT2D eigenvalue weighted by molar-refractivity contribution is -0.141. The van der Waals surface area contributed by atoms with Crippen LogP contribution in [0.25, 0.3) is 10.8 Å². The predicted octanol–water partition coefficient (Wildman–Crippen LogP) is 5.83. The van der Waals surface area contributed by atoms with E-state index in [0.717, 1.165) is 23.9 Å². The number of alkyl halides is 3. The zero-order valence-corrected chi connectivity index (χ0v) is 19.2. The molecule has 0 aromatic heterocycles. The Bertz CT molecular complexity index is 1330. The zero-order valence-electron chi connectivity index (χ0n) is 19.2. The minimum absolute atomic E-state index is 0.0635. The van der Waals surface area contributed by atoms with E-state index < -0.39 is 29.7 Å². The third-order valence-corrected chi connectivity index (χ3v) is 7.10. The number of aliphatic carboxylic acids is 1. The highest BCUT2D eigenvalue weighted by atomic mass is 19.4. The number of carboxylic acids is 1. The topological polar surface area (TPSA) is 75.6 Å². The third-order valence-electron chi connectivity index (χ3n) is 7.10. The van der Waals surface area contributed by atoms with Gasteiger partial charge in [0.25, 0.3) is 5.91 Å². The maximum atomic E-state index is 13.4. The third kappa shape index (κ3) is 4.67. The largest absolute Gasteiger partial charge is 0.487 e. The summed E-state index contributed by atoms with van der Waals surface area (Å²) in [6.45, 7) is -0.0635. The molecule has 1 saturated carbocycles. The summed E-state index contributed by atoms with van der Waals surface area (Å²) in [6, 6.07) is 14.2. The first-order chi connectivity index (χ1) is 17.2. The number of carbonyl (C=O) groups is 2. The number of amides is 1.